The molecule has 1 saturated heterocycles. The van der Waals surface area contributed by atoms with E-state index in [4.69, 9.17) is 11.6 Å². The second kappa shape index (κ2) is 9.34. The minimum Gasteiger partial charge on any atom is -0.319 e. The highest BCUT2D eigenvalue weighted by atomic mass is 35.5. The van der Waals surface area contributed by atoms with Gasteiger partial charge in [0.25, 0.3) is 5.91 Å². The van der Waals surface area contributed by atoms with E-state index in [0.29, 0.717) is 33.8 Å². The Morgan fingerprint density at radius 3 is 2.94 bits per heavy atom. The first-order valence-electron chi connectivity index (χ1n) is 10.8. The first-order chi connectivity index (χ1) is 15.0. The number of nitrogens with one attached hydrogen (secondary N) is 1. The van der Waals surface area contributed by atoms with Crippen molar-refractivity contribution in [3.05, 3.63) is 47.1 Å². The van der Waals surface area contributed by atoms with Gasteiger partial charge in [0, 0.05) is 23.8 Å². The fourth-order valence-electron chi connectivity index (χ4n) is 4.40. The van der Waals surface area contributed by atoms with Crippen LogP contribution in [-0.2, 0) is 4.79 Å². The Morgan fingerprint density at radius 1 is 1.35 bits per heavy atom. The predicted molar refractivity (Wildman–Crippen MR) is 123 cm³/mol. The van der Waals surface area contributed by atoms with Gasteiger partial charge < -0.3 is 10.2 Å². The molecular weight excluding hydrogens is 414 g/mol. The number of benzene rings is 1. The maximum Gasteiger partial charge on any atom is 0.257 e. The summed E-state index contributed by atoms with van der Waals surface area (Å²) in [5.41, 5.74) is 1.36. The molecule has 31 heavy (non-hydrogen) atoms. The first-order valence-corrected chi connectivity index (χ1v) is 11.2. The molecule has 7 nitrogen and oxygen atoms in total. The molecule has 2 amide bonds. The van der Waals surface area contributed by atoms with Crippen LogP contribution in [0.5, 0.6) is 0 Å². The van der Waals surface area contributed by atoms with Gasteiger partial charge in [0.05, 0.1) is 23.5 Å². The van der Waals surface area contributed by atoms with Crippen LogP contribution in [0.15, 0.2) is 36.5 Å². The molecule has 0 aliphatic carbocycles. The van der Waals surface area contributed by atoms with Gasteiger partial charge in [-0.2, -0.15) is 0 Å². The van der Waals surface area contributed by atoms with Crippen molar-refractivity contribution in [2.24, 2.45) is 0 Å². The van der Waals surface area contributed by atoms with Crippen LogP contribution >= 0.6 is 11.6 Å². The highest BCUT2D eigenvalue weighted by Crippen LogP contribution is 2.37. The predicted octanol–water partition coefficient (Wildman–Crippen LogP) is 3.77. The average molecular weight is 442 g/mol. The molecule has 1 aromatic heterocycles. The molecule has 1 fully saturated rings. The first kappa shape index (κ1) is 21.7. The normalized spacial score (nSPS) is 18.5. The van der Waals surface area contributed by atoms with E-state index in [1.807, 2.05) is 0 Å². The molecule has 0 saturated carbocycles. The minimum atomic E-state index is -0.284. The van der Waals surface area contributed by atoms with Crippen LogP contribution in [0.4, 0.5) is 17.2 Å². The number of rotatable bonds is 6. The summed E-state index contributed by atoms with van der Waals surface area (Å²) >= 11 is 6.24. The van der Waals surface area contributed by atoms with Gasteiger partial charge in [-0.15, -0.1) is 0 Å². The number of amides is 2. The van der Waals surface area contributed by atoms with Gasteiger partial charge in [0.1, 0.15) is 0 Å². The summed E-state index contributed by atoms with van der Waals surface area (Å²) in [6, 6.07) is 9.02. The molecule has 1 N–H and O–H groups in total. The molecule has 2 aromatic rings. The van der Waals surface area contributed by atoms with Crippen LogP contribution in [0, 0.1) is 0 Å². The third kappa shape index (κ3) is 4.59. The number of aromatic nitrogens is 1. The number of halogens is 1. The number of carbonyl (C=O) groups excluding carboxylic acids is 2. The summed E-state index contributed by atoms with van der Waals surface area (Å²) in [7, 11) is 2.17. The van der Waals surface area contributed by atoms with Crippen molar-refractivity contribution in [1.82, 2.24) is 14.8 Å². The van der Waals surface area contributed by atoms with Crippen LogP contribution < -0.4 is 10.2 Å². The molecule has 1 aromatic carbocycles. The van der Waals surface area contributed by atoms with E-state index in [-0.39, 0.29) is 18.4 Å². The Labute approximate surface area is 188 Å². The van der Waals surface area contributed by atoms with E-state index in [0.717, 1.165) is 26.1 Å². The Bertz CT molecular complexity index is 982. The lowest BCUT2D eigenvalue weighted by Crippen LogP contribution is -2.40. The molecule has 0 spiro atoms. The Hall–Kier alpha value is -2.48. The Kier molecular flexibility index (Phi) is 6.55. The summed E-state index contributed by atoms with van der Waals surface area (Å²) in [6.45, 7) is 5.06. The zero-order valence-corrected chi connectivity index (χ0v) is 18.7. The molecule has 3 heterocycles. The SMILES string of the molecule is CCN(CCC1CCCN1C)CC(=O)N1c2cc(Cl)ccc2C(=O)Nc2cccnc21. The zero-order chi connectivity index (χ0) is 22.0. The number of likely N-dealkylation sites (tertiary alicyclic amines) is 1. The number of hydrogen-bond acceptors (Lipinski definition) is 5. The van der Waals surface area contributed by atoms with Crippen molar-refractivity contribution in [2.75, 3.05) is 43.4 Å². The Balaban J connectivity index is 1.61. The van der Waals surface area contributed by atoms with E-state index in [1.165, 1.54) is 17.7 Å². The Morgan fingerprint density at radius 2 is 2.19 bits per heavy atom. The van der Waals surface area contributed by atoms with E-state index in [9.17, 15) is 9.59 Å². The van der Waals surface area contributed by atoms with E-state index < -0.39 is 0 Å². The average Bonchev–Trinajstić information content (AvgIpc) is 3.11. The second-order valence-corrected chi connectivity index (χ2v) is 8.59. The maximum absolute atomic E-state index is 13.6. The third-order valence-corrected chi connectivity index (χ3v) is 6.43. The van der Waals surface area contributed by atoms with Crippen molar-refractivity contribution in [1.29, 1.82) is 0 Å². The molecule has 2 aliphatic rings. The lowest BCUT2D eigenvalue weighted by molar-refractivity contribution is -0.119. The molecule has 0 bridgehead atoms. The summed E-state index contributed by atoms with van der Waals surface area (Å²) in [5, 5.41) is 3.32. The molecule has 1 atom stereocenters. The summed E-state index contributed by atoms with van der Waals surface area (Å²) < 4.78 is 0. The largest absolute Gasteiger partial charge is 0.319 e. The van der Waals surface area contributed by atoms with Gasteiger partial charge in [0.2, 0.25) is 5.91 Å². The maximum atomic E-state index is 13.6. The number of fused-ring (bicyclic) bond motifs is 2. The van der Waals surface area contributed by atoms with Gasteiger partial charge in [-0.1, -0.05) is 18.5 Å². The summed E-state index contributed by atoms with van der Waals surface area (Å²) in [4.78, 5) is 36.8. The quantitative estimate of drug-likeness (QED) is 0.739. The molecular formula is C23H28ClN5O2. The summed E-state index contributed by atoms with van der Waals surface area (Å²) in [5.74, 6) is -0.0112. The second-order valence-electron chi connectivity index (χ2n) is 8.15. The molecule has 164 valence electrons. The van der Waals surface area contributed by atoms with Crippen molar-refractivity contribution in [3.8, 4) is 0 Å². The van der Waals surface area contributed by atoms with Gasteiger partial charge >= 0.3 is 0 Å². The van der Waals surface area contributed by atoms with E-state index in [1.54, 1.807) is 36.5 Å². The highest BCUT2D eigenvalue weighted by Gasteiger charge is 2.31. The van der Waals surface area contributed by atoms with Gasteiger partial charge in [-0.05, 0) is 69.7 Å². The van der Waals surface area contributed by atoms with Crippen molar-refractivity contribution in [2.45, 2.75) is 32.2 Å². The fourth-order valence-corrected chi connectivity index (χ4v) is 4.56. The van der Waals surface area contributed by atoms with Crippen LogP contribution in [-0.4, -0.2) is 65.9 Å². The zero-order valence-electron chi connectivity index (χ0n) is 18.0. The standard InChI is InChI=1S/C23H28ClN5O2/c1-3-28(13-10-17-6-5-12-27(17)2)15-21(30)29-20-14-16(24)8-9-18(20)23(31)26-19-7-4-11-25-22(19)29/h4,7-9,11,14,17H,3,5-6,10,12-13,15H2,1-2H3,(H,26,31). The minimum absolute atomic E-state index is 0.137. The van der Waals surface area contributed by atoms with E-state index in [2.05, 4.69) is 34.1 Å². The number of pyridine rings is 1. The van der Waals surface area contributed by atoms with Gasteiger partial charge in [-0.3, -0.25) is 19.4 Å². The third-order valence-electron chi connectivity index (χ3n) is 6.20. The van der Waals surface area contributed by atoms with E-state index >= 15 is 0 Å². The van der Waals surface area contributed by atoms with Crippen molar-refractivity contribution >= 4 is 40.6 Å². The number of carbonyl (C=O) groups is 2. The van der Waals surface area contributed by atoms with Crippen molar-refractivity contribution < 1.29 is 9.59 Å². The smallest absolute Gasteiger partial charge is 0.257 e. The molecule has 4 rings (SSSR count). The number of likely N-dealkylation sites (N-methyl/N-ethyl adjacent to an activating group) is 1. The van der Waals surface area contributed by atoms with Gasteiger partial charge in [0.15, 0.2) is 5.82 Å². The van der Waals surface area contributed by atoms with Crippen LogP contribution in [0.2, 0.25) is 5.02 Å². The lowest BCUT2D eigenvalue weighted by Gasteiger charge is -2.28. The fraction of sp³-hybridized carbons (Fsp3) is 0.435. The van der Waals surface area contributed by atoms with Gasteiger partial charge in [-0.25, -0.2) is 4.98 Å². The summed E-state index contributed by atoms with van der Waals surface area (Å²) in [6.07, 6.45) is 5.11. The monoisotopic (exact) mass is 441 g/mol. The topological polar surface area (TPSA) is 68.8 Å². The lowest BCUT2D eigenvalue weighted by atomic mass is 10.1. The van der Waals surface area contributed by atoms with Crippen LogP contribution in [0.25, 0.3) is 0 Å². The van der Waals surface area contributed by atoms with Crippen molar-refractivity contribution in [3.63, 3.8) is 0 Å². The highest BCUT2D eigenvalue weighted by molar-refractivity contribution is 6.31. The molecule has 8 heteroatoms. The number of hydrogen-bond donors (Lipinski definition) is 1. The number of nitrogens with zero attached hydrogens (tertiary/aromatic N) is 4. The molecule has 1 unspecified atom stereocenters. The van der Waals surface area contributed by atoms with Crippen LogP contribution in [0.3, 0.4) is 0 Å². The number of anilines is 3. The molecule has 2 aliphatic heterocycles. The molecule has 0 radical (unpaired) electrons. The van der Waals surface area contributed by atoms with Crippen LogP contribution in [0.1, 0.15) is 36.5 Å².